The lowest BCUT2D eigenvalue weighted by molar-refractivity contribution is 0.708. The number of likely N-dealkylation sites (N-methyl/N-ethyl adjacent to an activating group) is 1. The van der Waals surface area contributed by atoms with Gasteiger partial charge in [-0.05, 0) is 24.2 Å². The van der Waals surface area contributed by atoms with E-state index in [9.17, 15) is 0 Å². The van der Waals surface area contributed by atoms with Crippen LogP contribution in [-0.4, -0.2) is 22.6 Å². The van der Waals surface area contributed by atoms with Crippen molar-refractivity contribution in [1.29, 1.82) is 0 Å². The second kappa shape index (κ2) is 7.08. The molecule has 19 heavy (non-hydrogen) atoms. The summed E-state index contributed by atoms with van der Waals surface area (Å²) in [4.78, 5) is 4.40. The second-order valence-corrected chi connectivity index (χ2v) is 5.70. The molecule has 0 aliphatic heterocycles. The fourth-order valence-corrected chi connectivity index (χ4v) is 2.59. The number of benzene rings is 1. The molecule has 1 aromatic heterocycles. The van der Waals surface area contributed by atoms with Crippen LogP contribution in [0.15, 0.2) is 35.2 Å². The van der Waals surface area contributed by atoms with Gasteiger partial charge in [0.05, 0.1) is 12.0 Å². The Labute approximate surface area is 127 Å². The average molecular weight is 343 g/mol. The van der Waals surface area contributed by atoms with Gasteiger partial charge in [0, 0.05) is 35.2 Å². The third-order valence-corrected chi connectivity index (χ3v) is 3.71. The molecule has 0 aliphatic carbocycles. The molecule has 0 spiro atoms. The van der Waals surface area contributed by atoms with Crippen molar-refractivity contribution in [3.8, 4) is 0 Å². The molecule has 0 fully saturated rings. The van der Waals surface area contributed by atoms with E-state index in [2.05, 4.69) is 43.9 Å². The molecule has 1 aromatic carbocycles. The summed E-state index contributed by atoms with van der Waals surface area (Å²) >= 11 is 9.63. The van der Waals surface area contributed by atoms with Gasteiger partial charge < -0.3 is 9.88 Å². The van der Waals surface area contributed by atoms with Crippen molar-refractivity contribution in [3.05, 3.63) is 51.5 Å². The number of nitrogens with one attached hydrogen (secondary N) is 1. The van der Waals surface area contributed by atoms with E-state index >= 15 is 0 Å². The Hall–Kier alpha value is -0.840. The molecule has 1 heterocycles. The third-order valence-electron chi connectivity index (χ3n) is 2.86. The molecule has 0 saturated heterocycles. The number of halogens is 2. The van der Waals surface area contributed by atoms with Crippen LogP contribution >= 0.6 is 27.5 Å². The maximum Gasteiger partial charge on any atom is 0.0952 e. The van der Waals surface area contributed by atoms with E-state index in [-0.39, 0.29) is 0 Å². The Kier molecular flexibility index (Phi) is 5.43. The summed E-state index contributed by atoms with van der Waals surface area (Å²) < 4.78 is 3.06. The molecule has 2 aromatic rings. The topological polar surface area (TPSA) is 29.9 Å². The van der Waals surface area contributed by atoms with Crippen molar-refractivity contribution in [3.63, 3.8) is 0 Å². The van der Waals surface area contributed by atoms with Gasteiger partial charge in [-0.15, -0.1) is 0 Å². The quantitative estimate of drug-likeness (QED) is 0.814. The van der Waals surface area contributed by atoms with Gasteiger partial charge in [-0.1, -0.05) is 40.5 Å². The summed E-state index contributed by atoms with van der Waals surface area (Å²) in [6.45, 7) is 4.82. The SMILES string of the molecule is CCNCCc1cn(Cc2ccc(Br)cc2Cl)cn1. The van der Waals surface area contributed by atoms with Crippen LogP contribution in [0.25, 0.3) is 0 Å². The zero-order chi connectivity index (χ0) is 13.7. The molecular formula is C14H17BrClN3. The minimum Gasteiger partial charge on any atom is -0.333 e. The highest BCUT2D eigenvalue weighted by molar-refractivity contribution is 9.10. The Morgan fingerprint density at radius 3 is 3.00 bits per heavy atom. The molecule has 0 unspecified atom stereocenters. The van der Waals surface area contributed by atoms with Crippen LogP contribution in [0, 0.1) is 0 Å². The fourth-order valence-electron chi connectivity index (χ4n) is 1.86. The number of hydrogen-bond acceptors (Lipinski definition) is 2. The van der Waals surface area contributed by atoms with Crippen molar-refractivity contribution < 1.29 is 0 Å². The van der Waals surface area contributed by atoms with Gasteiger partial charge in [0.15, 0.2) is 0 Å². The van der Waals surface area contributed by atoms with Crippen molar-refractivity contribution in [2.45, 2.75) is 19.9 Å². The molecule has 2 rings (SSSR count). The van der Waals surface area contributed by atoms with E-state index in [0.29, 0.717) is 0 Å². The highest BCUT2D eigenvalue weighted by atomic mass is 79.9. The van der Waals surface area contributed by atoms with E-state index in [1.807, 2.05) is 24.5 Å². The predicted molar refractivity (Wildman–Crippen MR) is 82.7 cm³/mol. The monoisotopic (exact) mass is 341 g/mol. The van der Waals surface area contributed by atoms with Crippen LogP contribution in [0.1, 0.15) is 18.2 Å². The van der Waals surface area contributed by atoms with Crippen LogP contribution in [0.3, 0.4) is 0 Å². The third kappa shape index (κ3) is 4.34. The largest absolute Gasteiger partial charge is 0.333 e. The van der Waals surface area contributed by atoms with Gasteiger partial charge in [-0.2, -0.15) is 0 Å². The smallest absolute Gasteiger partial charge is 0.0952 e. The first kappa shape index (κ1) is 14.6. The first-order chi connectivity index (χ1) is 9.19. The van der Waals surface area contributed by atoms with Crippen molar-refractivity contribution >= 4 is 27.5 Å². The molecule has 102 valence electrons. The number of hydrogen-bond donors (Lipinski definition) is 1. The minimum atomic E-state index is 0.750. The molecule has 3 nitrogen and oxygen atoms in total. The van der Waals surface area contributed by atoms with E-state index < -0.39 is 0 Å². The standard InChI is InChI=1S/C14H17BrClN3/c1-2-17-6-5-13-9-19(10-18-13)8-11-3-4-12(15)7-14(11)16/h3-4,7,9-10,17H,2,5-6,8H2,1H3. The lowest BCUT2D eigenvalue weighted by atomic mass is 10.2. The molecule has 0 saturated carbocycles. The molecule has 0 atom stereocenters. The molecule has 0 radical (unpaired) electrons. The maximum atomic E-state index is 6.21. The molecule has 0 bridgehead atoms. The summed E-state index contributed by atoms with van der Waals surface area (Å²) in [5, 5.41) is 4.07. The zero-order valence-electron chi connectivity index (χ0n) is 10.9. The van der Waals surface area contributed by atoms with E-state index in [1.54, 1.807) is 0 Å². The predicted octanol–water partition coefficient (Wildman–Crippen LogP) is 3.50. The number of aromatic nitrogens is 2. The molecule has 5 heteroatoms. The molecule has 1 N–H and O–H groups in total. The lowest BCUT2D eigenvalue weighted by Gasteiger charge is -2.05. The lowest BCUT2D eigenvalue weighted by Crippen LogP contribution is -2.16. The van der Waals surface area contributed by atoms with Crippen LogP contribution in [-0.2, 0) is 13.0 Å². The van der Waals surface area contributed by atoms with Crippen molar-refractivity contribution in [1.82, 2.24) is 14.9 Å². The number of nitrogens with zero attached hydrogens (tertiary/aromatic N) is 2. The molecule has 0 aliphatic rings. The van der Waals surface area contributed by atoms with Crippen LogP contribution in [0.4, 0.5) is 0 Å². The minimum absolute atomic E-state index is 0.750. The van der Waals surface area contributed by atoms with Crippen molar-refractivity contribution in [2.24, 2.45) is 0 Å². The van der Waals surface area contributed by atoms with E-state index in [4.69, 9.17) is 11.6 Å². The summed E-state index contributed by atoms with van der Waals surface area (Å²) in [5.74, 6) is 0. The van der Waals surface area contributed by atoms with Gasteiger partial charge in [-0.3, -0.25) is 0 Å². The van der Waals surface area contributed by atoms with Crippen LogP contribution in [0.5, 0.6) is 0 Å². The van der Waals surface area contributed by atoms with E-state index in [1.165, 1.54) is 0 Å². The van der Waals surface area contributed by atoms with Gasteiger partial charge in [0.1, 0.15) is 0 Å². The maximum absolute atomic E-state index is 6.21. The summed E-state index contributed by atoms with van der Waals surface area (Å²) in [6, 6.07) is 5.95. The van der Waals surface area contributed by atoms with Crippen LogP contribution in [0.2, 0.25) is 5.02 Å². The Morgan fingerprint density at radius 2 is 2.26 bits per heavy atom. The highest BCUT2D eigenvalue weighted by Crippen LogP contribution is 2.22. The summed E-state index contributed by atoms with van der Waals surface area (Å²) in [5.41, 5.74) is 2.20. The highest BCUT2D eigenvalue weighted by Gasteiger charge is 2.04. The Balaban J connectivity index is 1.99. The average Bonchev–Trinajstić information content (AvgIpc) is 2.81. The summed E-state index contributed by atoms with van der Waals surface area (Å²) in [6.07, 6.45) is 4.89. The zero-order valence-corrected chi connectivity index (χ0v) is 13.2. The molecular weight excluding hydrogens is 326 g/mol. The van der Waals surface area contributed by atoms with Gasteiger partial charge in [-0.25, -0.2) is 4.98 Å². The molecule has 0 amide bonds. The van der Waals surface area contributed by atoms with Crippen molar-refractivity contribution in [2.75, 3.05) is 13.1 Å². The number of imidazole rings is 1. The van der Waals surface area contributed by atoms with Crippen LogP contribution < -0.4 is 5.32 Å². The Morgan fingerprint density at radius 1 is 1.42 bits per heavy atom. The fraction of sp³-hybridized carbons (Fsp3) is 0.357. The normalized spacial score (nSPS) is 10.9. The summed E-state index contributed by atoms with van der Waals surface area (Å²) in [7, 11) is 0. The second-order valence-electron chi connectivity index (χ2n) is 4.38. The van der Waals surface area contributed by atoms with Gasteiger partial charge >= 0.3 is 0 Å². The number of rotatable bonds is 6. The van der Waals surface area contributed by atoms with E-state index in [0.717, 1.165) is 46.8 Å². The van der Waals surface area contributed by atoms with Gasteiger partial charge in [0.25, 0.3) is 0 Å². The first-order valence-corrected chi connectivity index (χ1v) is 7.51. The van der Waals surface area contributed by atoms with Gasteiger partial charge in [0.2, 0.25) is 0 Å². The first-order valence-electron chi connectivity index (χ1n) is 6.34. The Bertz CT molecular complexity index is 539.